The van der Waals surface area contributed by atoms with Crippen LogP contribution in [0.1, 0.15) is 35.4 Å². The molecule has 2 amide bonds. The van der Waals surface area contributed by atoms with Crippen LogP contribution in [-0.2, 0) is 34.3 Å². The smallest absolute Gasteiger partial charge is 0.268 e. The summed E-state index contributed by atoms with van der Waals surface area (Å²) in [6, 6.07) is 8.63. The molecule has 2 saturated heterocycles. The molecule has 2 aliphatic heterocycles. The van der Waals surface area contributed by atoms with Crippen LogP contribution >= 0.6 is 23.4 Å². The summed E-state index contributed by atoms with van der Waals surface area (Å²) in [5.41, 5.74) is 0.304. The van der Waals surface area contributed by atoms with Crippen LogP contribution in [0.3, 0.4) is 0 Å². The Morgan fingerprint density at radius 3 is 2.56 bits per heavy atom. The van der Waals surface area contributed by atoms with Gasteiger partial charge >= 0.3 is 16.4 Å². The second-order valence-corrected chi connectivity index (χ2v) is 13.2. The van der Waals surface area contributed by atoms with Crippen molar-refractivity contribution in [1.29, 1.82) is 0 Å². The normalized spacial score (nSPS) is 17.7. The first-order valence-corrected chi connectivity index (χ1v) is 15.6. The van der Waals surface area contributed by atoms with Gasteiger partial charge in [0.15, 0.2) is 0 Å². The highest BCUT2D eigenvalue weighted by Crippen LogP contribution is 2.36. The number of benzene rings is 2. The molecule has 0 radical (unpaired) electrons. The SMILES string of the molecule is O=C1SC(=Cc2ccc3c(cnn3Cc3ccc(Cl)cc3C(F)(F)F)c2)C(=O)N1Cc1nccn1S(=O)(=O)N1CCCC1. The van der Waals surface area contributed by atoms with E-state index in [0.717, 1.165) is 39.5 Å². The highest BCUT2D eigenvalue weighted by molar-refractivity contribution is 8.18. The Kier molecular flexibility index (Phi) is 7.61. The third-order valence-corrected chi connectivity index (χ3v) is 10.1. The number of carbonyl (C=O) groups excluding carboxylic acids is 2. The summed E-state index contributed by atoms with van der Waals surface area (Å²) in [6.07, 6.45) is 2.56. The van der Waals surface area contributed by atoms with Crippen LogP contribution in [0, 0.1) is 0 Å². The van der Waals surface area contributed by atoms with Crippen molar-refractivity contribution in [1.82, 2.24) is 27.9 Å². The van der Waals surface area contributed by atoms with E-state index in [9.17, 15) is 31.2 Å². The van der Waals surface area contributed by atoms with Gasteiger partial charge in [0.1, 0.15) is 5.82 Å². The van der Waals surface area contributed by atoms with Crippen molar-refractivity contribution in [2.75, 3.05) is 13.1 Å². The summed E-state index contributed by atoms with van der Waals surface area (Å²) in [5.74, 6) is -0.556. The van der Waals surface area contributed by atoms with E-state index in [-0.39, 0.29) is 34.4 Å². The fourth-order valence-corrected chi connectivity index (χ4v) is 7.61. The van der Waals surface area contributed by atoms with Crippen LogP contribution in [0.2, 0.25) is 5.02 Å². The molecule has 2 aromatic heterocycles. The summed E-state index contributed by atoms with van der Waals surface area (Å²) in [7, 11) is -3.87. The zero-order valence-electron chi connectivity index (χ0n) is 22.2. The Morgan fingerprint density at radius 2 is 1.81 bits per heavy atom. The van der Waals surface area contributed by atoms with Crippen molar-refractivity contribution in [2.45, 2.75) is 32.1 Å². The number of imidazole rings is 1. The van der Waals surface area contributed by atoms with E-state index >= 15 is 0 Å². The Bertz CT molecular complexity index is 1900. The molecule has 0 spiro atoms. The molecule has 16 heteroatoms. The molecular weight excluding hydrogens is 629 g/mol. The summed E-state index contributed by atoms with van der Waals surface area (Å²) in [5, 5.41) is 4.27. The molecule has 43 heavy (non-hydrogen) atoms. The molecule has 2 fully saturated rings. The second kappa shape index (κ2) is 11.1. The highest BCUT2D eigenvalue weighted by Gasteiger charge is 2.37. The molecule has 224 valence electrons. The van der Waals surface area contributed by atoms with Gasteiger partial charge in [-0.25, -0.2) is 8.96 Å². The van der Waals surface area contributed by atoms with E-state index < -0.39 is 33.1 Å². The summed E-state index contributed by atoms with van der Waals surface area (Å²) in [4.78, 5) is 31.1. The number of hydrogen-bond acceptors (Lipinski definition) is 7. The molecular formula is C27H22ClF3N6O4S2. The zero-order chi connectivity index (χ0) is 30.5. The highest BCUT2D eigenvalue weighted by atomic mass is 35.5. The predicted molar refractivity (Wildman–Crippen MR) is 154 cm³/mol. The summed E-state index contributed by atoms with van der Waals surface area (Å²) < 4.78 is 70.5. The standard InChI is InChI=1S/C27H22ClF3N6O4S2/c28-20-5-4-18(21(13-20)27(29,30)31)15-36-22-6-3-17(11-19(22)14-33-36)12-23-25(38)35(26(39)42-23)16-24-32-7-10-37(24)43(40,41)34-8-1-2-9-34/h3-7,10-14H,1-2,8-9,15-16H2. The molecule has 2 aliphatic rings. The zero-order valence-corrected chi connectivity index (χ0v) is 24.5. The second-order valence-electron chi connectivity index (χ2n) is 9.94. The monoisotopic (exact) mass is 650 g/mol. The van der Waals surface area contributed by atoms with Crippen LogP contribution < -0.4 is 0 Å². The Balaban J connectivity index is 1.21. The number of halogens is 4. The number of fused-ring (bicyclic) bond motifs is 1. The van der Waals surface area contributed by atoms with Crippen molar-refractivity contribution in [2.24, 2.45) is 0 Å². The van der Waals surface area contributed by atoms with Gasteiger partial charge in [-0.2, -0.15) is 31.0 Å². The van der Waals surface area contributed by atoms with Gasteiger partial charge < -0.3 is 0 Å². The molecule has 2 aromatic carbocycles. The number of carbonyl (C=O) groups is 2. The molecule has 6 rings (SSSR count). The predicted octanol–water partition coefficient (Wildman–Crippen LogP) is 5.38. The Morgan fingerprint density at radius 1 is 1.05 bits per heavy atom. The third kappa shape index (κ3) is 5.69. The number of amides is 2. The number of alkyl halides is 3. The molecule has 0 saturated carbocycles. The van der Waals surface area contributed by atoms with Gasteiger partial charge in [-0.3, -0.25) is 19.2 Å². The minimum absolute atomic E-state index is 0.00788. The number of aromatic nitrogens is 4. The van der Waals surface area contributed by atoms with Crippen LogP contribution in [0.15, 0.2) is 59.9 Å². The first kappa shape index (κ1) is 29.4. The molecule has 0 aliphatic carbocycles. The lowest BCUT2D eigenvalue weighted by Crippen LogP contribution is -2.36. The Labute approximate surface area is 252 Å². The van der Waals surface area contributed by atoms with E-state index in [1.807, 2.05) is 0 Å². The lowest BCUT2D eigenvalue weighted by Gasteiger charge is -2.19. The first-order valence-electron chi connectivity index (χ1n) is 13.0. The molecule has 0 unspecified atom stereocenters. The van der Waals surface area contributed by atoms with E-state index in [1.54, 1.807) is 18.2 Å². The average Bonchev–Trinajstić information content (AvgIpc) is 3.76. The van der Waals surface area contributed by atoms with Crippen LogP contribution in [-0.4, -0.2) is 60.6 Å². The lowest BCUT2D eigenvalue weighted by atomic mass is 10.1. The number of nitrogens with zero attached hydrogens (tertiary/aromatic N) is 6. The van der Waals surface area contributed by atoms with E-state index in [1.165, 1.54) is 45.8 Å². The molecule has 4 aromatic rings. The average molecular weight is 651 g/mol. The van der Waals surface area contributed by atoms with Crippen LogP contribution in [0.4, 0.5) is 18.0 Å². The maximum atomic E-state index is 13.6. The molecule has 0 N–H and O–H groups in total. The van der Waals surface area contributed by atoms with Crippen molar-refractivity contribution < 1.29 is 31.2 Å². The number of hydrogen-bond donors (Lipinski definition) is 0. The van der Waals surface area contributed by atoms with Gasteiger partial charge in [0.25, 0.3) is 11.1 Å². The van der Waals surface area contributed by atoms with Crippen molar-refractivity contribution in [3.05, 3.63) is 87.4 Å². The molecule has 10 nitrogen and oxygen atoms in total. The van der Waals surface area contributed by atoms with Crippen molar-refractivity contribution >= 4 is 61.7 Å². The minimum atomic E-state index is -4.58. The van der Waals surface area contributed by atoms with Crippen LogP contribution in [0.5, 0.6) is 0 Å². The van der Waals surface area contributed by atoms with Crippen molar-refractivity contribution in [3.63, 3.8) is 0 Å². The minimum Gasteiger partial charge on any atom is -0.268 e. The van der Waals surface area contributed by atoms with E-state index in [4.69, 9.17) is 11.6 Å². The summed E-state index contributed by atoms with van der Waals surface area (Å²) in [6.45, 7) is 0.321. The Hall–Kier alpha value is -3.66. The maximum absolute atomic E-state index is 13.6. The molecule has 4 heterocycles. The summed E-state index contributed by atoms with van der Waals surface area (Å²) >= 11 is 6.51. The number of imide groups is 1. The quantitative estimate of drug-likeness (QED) is 0.247. The van der Waals surface area contributed by atoms with Gasteiger partial charge in [-0.05, 0) is 66.1 Å². The largest absolute Gasteiger partial charge is 0.416 e. The van der Waals surface area contributed by atoms with Gasteiger partial charge in [0.05, 0.1) is 35.3 Å². The van der Waals surface area contributed by atoms with Gasteiger partial charge in [0.2, 0.25) is 0 Å². The molecule has 0 atom stereocenters. The lowest BCUT2D eigenvalue weighted by molar-refractivity contribution is -0.138. The topological polar surface area (TPSA) is 110 Å². The third-order valence-electron chi connectivity index (χ3n) is 7.15. The number of rotatable bonds is 7. The van der Waals surface area contributed by atoms with Gasteiger partial charge in [-0.15, -0.1) is 0 Å². The fourth-order valence-electron chi connectivity index (χ4n) is 5.05. The van der Waals surface area contributed by atoms with Gasteiger partial charge in [0, 0.05) is 35.9 Å². The first-order chi connectivity index (χ1) is 20.4. The van der Waals surface area contributed by atoms with E-state index in [0.29, 0.717) is 29.6 Å². The number of thioether (sulfide) groups is 1. The maximum Gasteiger partial charge on any atom is 0.416 e. The van der Waals surface area contributed by atoms with Gasteiger partial charge in [-0.1, -0.05) is 23.7 Å². The fraction of sp³-hybridized carbons (Fsp3) is 0.259. The van der Waals surface area contributed by atoms with Crippen molar-refractivity contribution in [3.8, 4) is 0 Å². The molecule has 0 bridgehead atoms. The van der Waals surface area contributed by atoms with E-state index in [2.05, 4.69) is 10.1 Å². The van der Waals surface area contributed by atoms with Crippen LogP contribution in [0.25, 0.3) is 17.0 Å².